The molecule has 3 N–H and O–H groups in total. The molecule has 1 aromatic carbocycles. The number of hydrogen-bond donors (Lipinski definition) is 2. The Labute approximate surface area is 115 Å². The van der Waals surface area contributed by atoms with Gasteiger partial charge in [-0.1, -0.05) is 12.1 Å². The van der Waals surface area contributed by atoms with Crippen LogP contribution in [0.3, 0.4) is 0 Å². The lowest BCUT2D eigenvalue weighted by molar-refractivity contribution is 0.0996. The van der Waals surface area contributed by atoms with Crippen LogP contribution in [0, 0.1) is 0 Å². The molecular formula is C15H24N2O2. The van der Waals surface area contributed by atoms with Gasteiger partial charge in [0.15, 0.2) is 0 Å². The normalized spacial score (nSPS) is 20.4. The molecule has 4 heteroatoms. The van der Waals surface area contributed by atoms with Crippen LogP contribution in [0.2, 0.25) is 0 Å². The monoisotopic (exact) mass is 264 g/mol. The number of ether oxygens (including phenoxy) is 2. The van der Waals surface area contributed by atoms with E-state index in [0.29, 0.717) is 12.7 Å². The van der Waals surface area contributed by atoms with E-state index in [9.17, 15) is 0 Å². The van der Waals surface area contributed by atoms with Crippen LogP contribution < -0.4 is 16.0 Å². The van der Waals surface area contributed by atoms with Gasteiger partial charge in [0.05, 0.1) is 12.7 Å². The Morgan fingerprint density at radius 2 is 2.42 bits per heavy atom. The van der Waals surface area contributed by atoms with E-state index in [0.717, 1.165) is 25.2 Å². The first-order valence-corrected chi connectivity index (χ1v) is 7.14. The quantitative estimate of drug-likeness (QED) is 0.587. The molecule has 2 rings (SSSR count). The minimum atomic E-state index is 0.157. The van der Waals surface area contributed by atoms with Crippen LogP contribution in [0.1, 0.15) is 44.2 Å². The zero-order valence-electron chi connectivity index (χ0n) is 11.6. The van der Waals surface area contributed by atoms with Crippen LogP contribution in [0.5, 0.6) is 5.75 Å². The summed E-state index contributed by atoms with van der Waals surface area (Å²) in [5.74, 6) is 6.58. The largest absolute Gasteiger partial charge is 0.494 e. The van der Waals surface area contributed by atoms with Crippen molar-refractivity contribution in [1.29, 1.82) is 0 Å². The molecule has 1 saturated heterocycles. The summed E-state index contributed by atoms with van der Waals surface area (Å²) in [6, 6.07) is 8.29. The second-order valence-corrected chi connectivity index (χ2v) is 4.94. The van der Waals surface area contributed by atoms with Crippen LogP contribution in [0.15, 0.2) is 24.3 Å². The van der Waals surface area contributed by atoms with E-state index >= 15 is 0 Å². The van der Waals surface area contributed by atoms with Crippen molar-refractivity contribution in [2.24, 2.45) is 5.84 Å². The lowest BCUT2D eigenvalue weighted by atomic mass is 9.99. The Bertz CT molecular complexity index is 378. The fourth-order valence-corrected chi connectivity index (χ4v) is 2.56. The van der Waals surface area contributed by atoms with E-state index in [1.165, 1.54) is 18.4 Å². The van der Waals surface area contributed by atoms with Crippen LogP contribution in [0.25, 0.3) is 0 Å². The highest BCUT2D eigenvalue weighted by atomic mass is 16.5. The molecule has 1 fully saturated rings. The molecule has 0 radical (unpaired) electrons. The lowest BCUT2D eigenvalue weighted by Crippen LogP contribution is -2.28. The van der Waals surface area contributed by atoms with Crippen molar-refractivity contribution in [1.82, 2.24) is 5.43 Å². The summed E-state index contributed by atoms with van der Waals surface area (Å²) in [4.78, 5) is 0. The maximum atomic E-state index is 5.68. The molecule has 19 heavy (non-hydrogen) atoms. The number of nitrogens with two attached hydrogens (primary N) is 1. The average molecular weight is 264 g/mol. The Kier molecular flexibility index (Phi) is 5.63. The highest BCUT2D eigenvalue weighted by molar-refractivity contribution is 5.30. The SMILES string of the molecule is CCOc1cccc(C(CCC2CCCO2)NN)c1. The predicted molar refractivity (Wildman–Crippen MR) is 75.9 cm³/mol. The van der Waals surface area contributed by atoms with Gasteiger partial charge in [-0.3, -0.25) is 11.3 Å². The van der Waals surface area contributed by atoms with Gasteiger partial charge in [0.2, 0.25) is 0 Å². The van der Waals surface area contributed by atoms with Gasteiger partial charge in [-0.05, 0) is 50.3 Å². The van der Waals surface area contributed by atoms with Gasteiger partial charge in [-0.2, -0.15) is 0 Å². The predicted octanol–water partition coefficient (Wildman–Crippen LogP) is 2.55. The lowest BCUT2D eigenvalue weighted by Gasteiger charge is -2.19. The molecule has 106 valence electrons. The topological polar surface area (TPSA) is 56.5 Å². The molecule has 1 aromatic rings. The first kappa shape index (κ1) is 14.3. The number of hydrogen-bond acceptors (Lipinski definition) is 4. The molecule has 0 saturated carbocycles. The highest BCUT2D eigenvalue weighted by Crippen LogP contribution is 2.25. The summed E-state index contributed by atoms with van der Waals surface area (Å²) in [6.07, 6.45) is 4.80. The first-order chi connectivity index (χ1) is 9.33. The van der Waals surface area contributed by atoms with Crippen molar-refractivity contribution in [2.75, 3.05) is 13.2 Å². The third kappa shape index (κ3) is 4.20. The molecule has 4 nitrogen and oxygen atoms in total. The van der Waals surface area contributed by atoms with E-state index in [1.807, 2.05) is 19.1 Å². The highest BCUT2D eigenvalue weighted by Gasteiger charge is 2.18. The molecule has 0 bridgehead atoms. The summed E-state index contributed by atoms with van der Waals surface area (Å²) in [7, 11) is 0. The van der Waals surface area contributed by atoms with Crippen LogP contribution >= 0.6 is 0 Å². The van der Waals surface area contributed by atoms with Gasteiger partial charge in [-0.15, -0.1) is 0 Å². The van der Waals surface area contributed by atoms with Gasteiger partial charge in [-0.25, -0.2) is 0 Å². The van der Waals surface area contributed by atoms with Crippen molar-refractivity contribution in [3.8, 4) is 5.75 Å². The van der Waals surface area contributed by atoms with Gasteiger partial charge < -0.3 is 9.47 Å². The van der Waals surface area contributed by atoms with Crippen molar-refractivity contribution < 1.29 is 9.47 Å². The zero-order valence-corrected chi connectivity index (χ0v) is 11.6. The van der Waals surface area contributed by atoms with E-state index in [4.69, 9.17) is 15.3 Å². The Morgan fingerprint density at radius 1 is 1.53 bits per heavy atom. The molecular weight excluding hydrogens is 240 g/mol. The molecule has 1 aliphatic rings. The Hall–Kier alpha value is -1.10. The summed E-state index contributed by atoms with van der Waals surface area (Å²) < 4.78 is 11.2. The second kappa shape index (κ2) is 7.48. The summed E-state index contributed by atoms with van der Waals surface area (Å²) >= 11 is 0. The average Bonchev–Trinajstić information content (AvgIpc) is 2.94. The number of rotatable bonds is 7. The van der Waals surface area contributed by atoms with E-state index in [2.05, 4.69) is 17.6 Å². The van der Waals surface area contributed by atoms with Crippen molar-refractivity contribution >= 4 is 0 Å². The Morgan fingerprint density at radius 3 is 3.11 bits per heavy atom. The van der Waals surface area contributed by atoms with E-state index in [-0.39, 0.29) is 6.04 Å². The molecule has 1 aliphatic heterocycles. The number of hydrazine groups is 1. The molecule has 0 aliphatic carbocycles. The third-order valence-corrected chi connectivity index (χ3v) is 3.57. The number of nitrogens with one attached hydrogen (secondary N) is 1. The van der Waals surface area contributed by atoms with Gasteiger partial charge in [0.25, 0.3) is 0 Å². The minimum absolute atomic E-state index is 0.157. The maximum Gasteiger partial charge on any atom is 0.119 e. The summed E-state index contributed by atoms with van der Waals surface area (Å²) in [5, 5.41) is 0. The molecule has 0 aromatic heterocycles. The number of benzene rings is 1. The first-order valence-electron chi connectivity index (χ1n) is 7.14. The van der Waals surface area contributed by atoms with Gasteiger partial charge >= 0.3 is 0 Å². The molecule has 2 atom stereocenters. The standard InChI is InChI=1S/C15H24N2O2/c1-2-18-14-6-3-5-12(11-14)15(17-16)9-8-13-7-4-10-19-13/h3,5-6,11,13,15,17H,2,4,7-10,16H2,1H3. The zero-order chi connectivity index (χ0) is 13.5. The van der Waals surface area contributed by atoms with Crippen LogP contribution in [-0.4, -0.2) is 19.3 Å². The van der Waals surface area contributed by atoms with Crippen molar-refractivity contribution in [2.45, 2.75) is 44.8 Å². The van der Waals surface area contributed by atoms with E-state index in [1.54, 1.807) is 0 Å². The van der Waals surface area contributed by atoms with Gasteiger partial charge in [0, 0.05) is 12.6 Å². The van der Waals surface area contributed by atoms with E-state index < -0.39 is 0 Å². The molecule has 1 heterocycles. The summed E-state index contributed by atoms with van der Waals surface area (Å²) in [6.45, 7) is 3.58. The third-order valence-electron chi connectivity index (χ3n) is 3.57. The maximum absolute atomic E-state index is 5.68. The van der Waals surface area contributed by atoms with Crippen LogP contribution in [-0.2, 0) is 4.74 Å². The van der Waals surface area contributed by atoms with Crippen molar-refractivity contribution in [3.05, 3.63) is 29.8 Å². The fourth-order valence-electron chi connectivity index (χ4n) is 2.56. The van der Waals surface area contributed by atoms with Crippen LogP contribution in [0.4, 0.5) is 0 Å². The van der Waals surface area contributed by atoms with Crippen molar-refractivity contribution in [3.63, 3.8) is 0 Å². The summed E-state index contributed by atoms with van der Waals surface area (Å²) in [5.41, 5.74) is 4.07. The second-order valence-electron chi connectivity index (χ2n) is 4.94. The molecule has 2 unspecified atom stereocenters. The van der Waals surface area contributed by atoms with Gasteiger partial charge in [0.1, 0.15) is 5.75 Å². The molecule has 0 amide bonds. The smallest absolute Gasteiger partial charge is 0.119 e. The molecule has 0 spiro atoms. The fraction of sp³-hybridized carbons (Fsp3) is 0.600. The minimum Gasteiger partial charge on any atom is -0.494 e. The Balaban J connectivity index is 1.93.